The predicted molar refractivity (Wildman–Crippen MR) is 113 cm³/mol. The van der Waals surface area contributed by atoms with Crippen molar-refractivity contribution in [3.05, 3.63) is 77.6 Å². The van der Waals surface area contributed by atoms with Crippen LogP contribution in [-0.2, 0) is 13.0 Å². The van der Waals surface area contributed by atoms with Crippen LogP contribution in [0.2, 0.25) is 0 Å². The van der Waals surface area contributed by atoms with E-state index in [1.165, 1.54) is 12.1 Å². The van der Waals surface area contributed by atoms with Crippen LogP contribution in [0.5, 0.6) is 5.75 Å². The molecule has 1 aromatic heterocycles. The molecular formula is C23H25FN4O2. The minimum atomic E-state index is -0.250. The van der Waals surface area contributed by atoms with Gasteiger partial charge in [-0.25, -0.2) is 9.37 Å². The van der Waals surface area contributed by atoms with Gasteiger partial charge in [0.15, 0.2) is 0 Å². The molecule has 1 aliphatic rings. The number of halogens is 1. The smallest absolute Gasteiger partial charge is 0.269 e. The number of carbonyl (C=O) groups excluding carboxylic acids is 1. The molecule has 0 aliphatic carbocycles. The normalized spacial score (nSPS) is 15.3. The molecule has 0 radical (unpaired) electrons. The molecule has 1 atom stereocenters. The number of para-hydroxylation sites is 1. The van der Waals surface area contributed by atoms with E-state index in [1.54, 1.807) is 12.1 Å². The number of hydrogen-bond acceptors (Lipinski definition) is 4. The van der Waals surface area contributed by atoms with Crippen LogP contribution >= 0.6 is 0 Å². The highest BCUT2D eigenvalue weighted by Crippen LogP contribution is 2.22. The summed E-state index contributed by atoms with van der Waals surface area (Å²) >= 11 is 0. The number of amides is 1. The van der Waals surface area contributed by atoms with Crippen LogP contribution in [0.3, 0.4) is 0 Å². The van der Waals surface area contributed by atoms with Gasteiger partial charge in [-0.2, -0.15) is 0 Å². The molecule has 2 heterocycles. The molecule has 0 saturated heterocycles. The Morgan fingerprint density at radius 1 is 1.20 bits per heavy atom. The number of hydrogen-bond donors (Lipinski definition) is 2. The highest BCUT2D eigenvalue weighted by molar-refractivity contribution is 5.93. The quantitative estimate of drug-likeness (QED) is 0.587. The summed E-state index contributed by atoms with van der Waals surface area (Å²) in [5.41, 5.74) is 2.23. The van der Waals surface area contributed by atoms with Gasteiger partial charge in [-0.1, -0.05) is 18.2 Å². The van der Waals surface area contributed by atoms with Crippen molar-refractivity contribution in [3.8, 4) is 5.75 Å². The van der Waals surface area contributed by atoms with Crippen LogP contribution in [-0.4, -0.2) is 34.7 Å². The molecule has 6 nitrogen and oxygen atoms in total. The number of fused-ring (bicyclic) bond motifs is 1. The van der Waals surface area contributed by atoms with Gasteiger partial charge in [0.05, 0.1) is 12.2 Å². The second-order valence-corrected chi connectivity index (χ2v) is 7.37. The van der Waals surface area contributed by atoms with Gasteiger partial charge >= 0.3 is 0 Å². The third kappa shape index (κ3) is 4.62. The number of imidazole rings is 1. The van der Waals surface area contributed by atoms with Gasteiger partial charge in [-0.05, 0) is 49.7 Å². The average Bonchev–Trinajstić information content (AvgIpc) is 3.08. The summed E-state index contributed by atoms with van der Waals surface area (Å²) in [6, 6.07) is 16.1. The molecule has 1 amide bonds. The Bertz CT molecular complexity index is 1000. The van der Waals surface area contributed by atoms with E-state index in [9.17, 15) is 9.18 Å². The second kappa shape index (κ2) is 8.98. The number of carbonyl (C=O) groups is 1. The van der Waals surface area contributed by atoms with Gasteiger partial charge in [0.25, 0.3) is 5.91 Å². The van der Waals surface area contributed by atoms with E-state index in [4.69, 9.17) is 4.74 Å². The van der Waals surface area contributed by atoms with Crippen LogP contribution in [0.15, 0.2) is 54.6 Å². The number of nitrogens with one attached hydrogen (secondary N) is 2. The maximum absolute atomic E-state index is 13.1. The number of rotatable bonds is 7. The summed E-state index contributed by atoms with van der Waals surface area (Å²) in [6.07, 6.45) is 1.57. The number of anilines is 1. The first-order chi connectivity index (χ1) is 14.6. The summed E-state index contributed by atoms with van der Waals surface area (Å²) in [5, 5.41) is 6.35. The van der Waals surface area contributed by atoms with Crippen molar-refractivity contribution >= 4 is 11.6 Å². The van der Waals surface area contributed by atoms with Crippen LogP contribution < -0.4 is 15.4 Å². The molecular weight excluding hydrogens is 383 g/mol. The van der Waals surface area contributed by atoms with E-state index in [2.05, 4.69) is 15.6 Å². The molecule has 4 rings (SSSR count). The first-order valence-electron chi connectivity index (χ1n) is 10.1. The largest absolute Gasteiger partial charge is 0.492 e. The van der Waals surface area contributed by atoms with Crippen molar-refractivity contribution in [3.63, 3.8) is 0 Å². The zero-order valence-electron chi connectivity index (χ0n) is 16.9. The van der Waals surface area contributed by atoms with Gasteiger partial charge in [0, 0.05) is 24.7 Å². The minimum absolute atomic E-state index is 0.132. The van der Waals surface area contributed by atoms with Crippen molar-refractivity contribution in [1.29, 1.82) is 0 Å². The van der Waals surface area contributed by atoms with Gasteiger partial charge < -0.3 is 19.9 Å². The van der Waals surface area contributed by atoms with Crippen molar-refractivity contribution in [2.24, 2.45) is 0 Å². The van der Waals surface area contributed by atoms with Crippen LogP contribution in [0.4, 0.5) is 10.1 Å². The third-order valence-corrected chi connectivity index (χ3v) is 5.18. The van der Waals surface area contributed by atoms with E-state index < -0.39 is 0 Å². The SMILES string of the molecule is Cc1nc2n(c1C(=O)NCCOc1ccccc1)CCC(Nc1ccc(F)cc1)C2. The summed E-state index contributed by atoms with van der Waals surface area (Å²) < 4.78 is 20.7. The maximum Gasteiger partial charge on any atom is 0.269 e. The molecule has 1 aliphatic heterocycles. The predicted octanol–water partition coefficient (Wildman–Crippen LogP) is 3.57. The number of aryl methyl sites for hydroxylation is 1. The van der Waals surface area contributed by atoms with Gasteiger partial charge in [0.1, 0.15) is 29.7 Å². The first-order valence-corrected chi connectivity index (χ1v) is 10.1. The molecule has 3 aromatic rings. The van der Waals surface area contributed by atoms with Gasteiger partial charge in [0.2, 0.25) is 0 Å². The second-order valence-electron chi connectivity index (χ2n) is 7.37. The zero-order valence-corrected chi connectivity index (χ0v) is 16.9. The molecule has 1 unspecified atom stereocenters. The van der Waals surface area contributed by atoms with Crippen molar-refractivity contribution in [2.75, 3.05) is 18.5 Å². The van der Waals surface area contributed by atoms with Crippen molar-refractivity contribution in [2.45, 2.75) is 32.4 Å². The lowest BCUT2D eigenvalue weighted by atomic mass is 10.1. The third-order valence-electron chi connectivity index (χ3n) is 5.18. The molecule has 0 saturated carbocycles. The number of ether oxygens (including phenoxy) is 1. The van der Waals surface area contributed by atoms with E-state index in [1.807, 2.05) is 41.8 Å². The average molecular weight is 408 g/mol. The molecule has 30 heavy (non-hydrogen) atoms. The van der Waals surface area contributed by atoms with Crippen LogP contribution in [0.1, 0.15) is 28.4 Å². The van der Waals surface area contributed by atoms with Gasteiger partial charge in [-0.3, -0.25) is 4.79 Å². The van der Waals surface area contributed by atoms with Crippen LogP contribution in [0, 0.1) is 12.7 Å². The lowest BCUT2D eigenvalue weighted by Crippen LogP contribution is -2.34. The monoisotopic (exact) mass is 408 g/mol. The van der Waals surface area contributed by atoms with E-state index >= 15 is 0 Å². The molecule has 2 N–H and O–H groups in total. The fourth-order valence-corrected chi connectivity index (χ4v) is 3.76. The van der Waals surface area contributed by atoms with Crippen LogP contribution in [0.25, 0.3) is 0 Å². The van der Waals surface area contributed by atoms with E-state index in [0.717, 1.165) is 29.4 Å². The molecule has 0 fully saturated rings. The van der Waals surface area contributed by atoms with Crippen molar-refractivity contribution in [1.82, 2.24) is 14.9 Å². The Kier molecular flexibility index (Phi) is 5.97. The van der Waals surface area contributed by atoms with Gasteiger partial charge in [-0.15, -0.1) is 0 Å². The van der Waals surface area contributed by atoms with E-state index in [-0.39, 0.29) is 17.8 Å². The fraction of sp³-hybridized carbons (Fsp3) is 0.304. The highest BCUT2D eigenvalue weighted by Gasteiger charge is 2.26. The molecule has 2 aromatic carbocycles. The fourth-order valence-electron chi connectivity index (χ4n) is 3.76. The summed E-state index contributed by atoms with van der Waals surface area (Å²) in [7, 11) is 0. The summed E-state index contributed by atoms with van der Waals surface area (Å²) in [6.45, 7) is 3.39. The van der Waals surface area contributed by atoms with Crippen molar-refractivity contribution < 1.29 is 13.9 Å². The lowest BCUT2D eigenvalue weighted by molar-refractivity contribution is 0.0935. The number of nitrogens with zero attached hydrogens (tertiary/aromatic N) is 2. The molecule has 156 valence electrons. The topological polar surface area (TPSA) is 68.2 Å². The lowest BCUT2D eigenvalue weighted by Gasteiger charge is -2.26. The highest BCUT2D eigenvalue weighted by atomic mass is 19.1. The minimum Gasteiger partial charge on any atom is -0.492 e. The maximum atomic E-state index is 13.1. The first kappa shape index (κ1) is 19.9. The summed E-state index contributed by atoms with van der Waals surface area (Å²) in [4.78, 5) is 17.4. The molecule has 7 heteroatoms. The zero-order chi connectivity index (χ0) is 20.9. The Labute approximate surface area is 175 Å². The standard InChI is InChI=1S/C23H25FN4O2/c1-16-22(23(29)25-12-14-30-20-5-3-2-4-6-20)28-13-11-19(15-21(28)26-16)27-18-9-7-17(24)8-10-18/h2-10,19,27H,11-15H2,1H3,(H,25,29). The Morgan fingerprint density at radius 3 is 2.73 bits per heavy atom. The Morgan fingerprint density at radius 2 is 1.97 bits per heavy atom. The number of aromatic nitrogens is 2. The Balaban J connectivity index is 1.34. The Hall–Kier alpha value is -3.35. The van der Waals surface area contributed by atoms with E-state index in [0.29, 0.717) is 31.8 Å². The molecule has 0 spiro atoms. The molecule has 0 bridgehead atoms. The summed E-state index contributed by atoms with van der Waals surface area (Å²) in [5.74, 6) is 1.29. The number of benzene rings is 2.